The number of methoxy groups -OCH3 is 1. The van der Waals surface area contributed by atoms with Crippen LogP contribution in [-0.2, 0) is 6.42 Å². The fourth-order valence-corrected chi connectivity index (χ4v) is 2.63. The van der Waals surface area contributed by atoms with Crippen molar-refractivity contribution in [3.8, 4) is 5.75 Å². The van der Waals surface area contributed by atoms with Crippen molar-refractivity contribution in [2.24, 2.45) is 0 Å². The maximum absolute atomic E-state index is 10.4. The fourth-order valence-electron chi connectivity index (χ4n) is 2.22. The molecule has 0 aliphatic heterocycles. The zero-order valence-electron chi connectivity index (χ0n) is 12.1. The fraction of sp³-hybridized carbons (Fsp3) is 0.294. The monoisotopic (exact) mass is 288 g/mol. The van der Waals surface area contributed by atoms with Crippen LogP contribution in [0.5, 0.6) is 5.75 Å². The topological polar surface area (TPSA) is 29.5 Å². The molecule has 3 heteroatoms. The quantitative estimate of drug-likeness (QED) is 0.843. The normalized spacial score (nSPS) is 12.2. The Labute approximate surface area is 124 Å². The van der Waals surface area contributed by atoms with Crippen LogP contribution >= 0.6 is 11.8 Å². The number of hydrogen-bond acceptors (Lipinski definition) is 3. The third-order valence-electron chi connectivity index (χ3n) is 3.35. The van der Waals surface area contributed by atoms with Gasteiger partial charge in [0.1, 0.15) is 5.75 Å². The van der Waals surface area contributed by atoms with Crippen LogP contribution in [0.4, 0.5) is 0 Å². The van der Waals surface area contributed by atoms with Gasteiger partial charge < -0.3 is 9.84 Å². The van der Waals surface area contributed by atoms with Gasteiger partial charge >= 0.3 is 0 Å². The van der Waals surface area contributed by atoms with E-state index in [0.717, 1.165) is 16.9 Å². The first-order chi connectivity index (χ1) is 9.63. The Kier molecular flexibility index (Phi) is 5.10. The second-order valence-electron chi connectivity index (χ2n) is 4.81. The van der Waals surface area contributed by atoms with Gasteiger partial charge in [-0.3, -0.25) is 0 Å². The third kappa shape index (κ3) is 3.56. The lowest BCUT2D eigenvalue weighted by Gasteiger charge is -2.15. The van der Waals surface area contributed by atoms with Crippen LogP contribution in [0.3, 0.4) is 0 Å². The molecule has 0 aliphatic carbocycles. The first-order valence-electron chi connectivity index (χ1n) is 6.59. The van der Waals surface area contributed by atoms with Crippen molar-refractivity contribution in [1.82, 2.24) is 0 Å². The Bertz CT molecular complexity index is 564. The van der Waals surface area contributed by atoms with Gasteiger partial charge in [0.05, 0.1) is 13.2 Å². The Balaban J connectivity index is 2.17. The summed E-state index contributed by atoms with van der Waals surface area (Å²) in [7, 11) is 1.66. The average Bonchev–Trinajstić information content (AvgIpc) is 2.47. The van der Waals surface area contributed by atoms with Gasteiger partial charge in [-0.05, 0) is 42.5 Å². The number of benzene rings is 2. The van der Waals surface area contributed by atoms with Crippen molar-refractivity contribution in [2.45, 2.75) is 24.3 Å². The molecule has 0 amide bonds. The van der Waals surface area contributed by atoms with Crippen molar-refractivity contribution < 1.29 is 9.84 Å². The van der Waals surface area contributed by atoms with Crippen molar-refractivity contribution in [3.05, 3.63) is 59.2 Å². The smallest absolute Gasteiger partial charge is 0.122 e. The van der Waals surface area contributed by atoms with Gasteiger partial charge in [0, 0.05) is 11.3 Å². The van der Waals surface area contributed by atoms with Gasteiger partial charge in [-0.2, -0.15) is 0 Å². The van der Waals surface area contributed by atoms with E-state index in [1.165, 1.54) is 10.5 Å². The molecule has 0 heterocycles. The molecular formula is C17H20O2S. The molecule has 1 unspecified atom stereocenters. The predicted octanol–water partition coefficient (Wildman–Crippen LogP) is 4.00. The van der Waals surface area contributed by atoms with Crippen molar-refractivity contribution in [3.63, 3.8) is 0 Å². The van der Waals surface area contributed by atoms with Gasteiger partial charge in [0.2, 0.25) is 0 Å². The number of aliphatic hydroxyl groups excluding tert-OH is 1. The number of thioether (sulfide) groups is 1. The summed E-state index contributed by atoms with van der Waals surface area (Å²) in [5, 5.41) is 10.4. The number of aryl methyl sites for hydroxylation is 1. The van der Waals surface area contributed by atoms with E-state index < -0.39 is 6.10 Å². The van der Waals surface area contributed by atoms with Crippen LogP contribution < -0.4 is 4.74 Å². The number of rotatable bonds is 5. The van der Waals surface area contributed by atoms with Crippen LogP contribution in [0.25, 0.3) is 0 Å². The first-order valence-corrected chi connectivity index (χ1v) is 7.82. The first kappa shape index (κ1) is 14.9. The molecule has 1 N–H and O–H groups in total. The summed E-state index contributed by atoms with van der Waals surface area (Å²) in [5.41, 5.74) is 3.14. The van der Waals surface area contributed by atoms with Crippen LogP contribution in [0.2, 0.25) is 0 Å². The van der Waals surface area contributed by atoms with Crippen molar-refractivity contribution in [2.75, 3.05) is 13.4 Å². The Morgan fingerprint density at radius 1 is 1.15 bits per heavy atom. The maximum atomic E-state index is 10.4. The SMILES string of the molecule is COc1ccc(C)cc1CC(O)c1ccc(SC)cc1. The number of ether oxygens (including phenoxy) is 1. The van der Waals surface area contributed by atoms with E-state index in [-0.39, 0.29) is 0 Å². The minimum Gasteiger partial charge on any atom is -0.496 e. The lowest BCUT2D eigenvalue weighted by atomic mass is 9.99. The summed E-state index contributed by atoms with van der Waals surface area (Å²) in [4.78, 5) is 1.20. The number of hydrogen-bond donors (Lipinski definition) is 1. The van der Waals surface area contributed by atoms with Gasteiger partial charge in [-0.1, -0.05) is 29.8 Å². The molecule has 0 bridgehead atoms. The zero-order valence-corrected chi connectivity index (χ0v) is 12.9. The summed E-state index contributed by atoms with van der Waals surface area (Å²) in [6.07, 6.45) is 2.09. The van der Waals surface area contributed by atoms with Crippen molar-refractivity contribution in [1.29, 1.82) is 0 Å². The molecular weight excluding hydrogens is 268 g/mol. The molecule has 0 spiro atoms. The van der Waals surface area contributed by atoms with E-state index in [4.69, 9.17) is 4.74 Å². The number of aliphatic hydroxyl groups is 1. The second kappa shape index (κ2) is 6.82. The van der Waals surface area contributed by atoms with Crippen LogP contribution in [-0.4, -0.2) is 18.5 Å². The minimum absolute atomic E-state index is 0.512. The second-order valence-corrected chi connectivity index (χ2v) is 5.69. The van der Waals surface area contributed by atoms with Crippen LogP contribution in [0, 0.1) is 6.92 Å². The zero-order chi connectivity index (χ0) is 14.5. The Morgan fingerprint density at radius 3 is 2.45 bits per heavy atom. The van der Waals surface area contributed by atoms with Crippen LogP contribution in [0.1, 0.15) is 22.8 Å². The highest BCUT2D eigenvalue weighted by atomic mass is 32.2. The van der Waals surface area contributed by atoms with Crippen LogP contribution in [0.15, 0.2) is 47.4 Å². The molecule has 106 valence electrons. The molecule has 2 rings (SSSR count). The lowest BCUT2D eigenvalue weighted by Crippen LogP contribution is -2.03. The molecule has 0 radical (unpaired) electrons. The van der Waals surface area contributed by atoms with Gasteiger partial charge in [0.25, 0.3) is 0 Å². The summed E-state index contributed by atoms with van der Waals surface area (Å²) in [5.74, 6) is 0.829. The van der Waals surface area contributed by atoms with Gasteiger partial charge in [-0.25, -0.2) is 0 Å². The summed E-state index contributed by atoms with van der Waals surface area (Å²) in [6.45, 7) is 2.04. The highest BCUT2D eigenvalue weighted by Crippen LogP contribution is 2.27. The molecule has 2 aromatic carbocycles. The molecule has 0 fully saturated rings. The van der Waals surface area contributed by atoms with Gasteiger partial charge in [-0.15, -0.1) is 11.8 Å². The Morgan fingerprint density at radius 2 is 1.85 bits per heavy atom. The van der Waals surface area contributed by atoms with Crippen molar-refractivity contribution >= 4 is 11.8 Å². The molecule has 0 saturated heterocycles. The minimum atomic E-state index is -0.512. The molecule has 1 atom stereocenters. The lowest BCUT2D eigenvalue weighted by molar-refractivity contribution is 0.177. The van der Waals surface area contributed by atoms with E-state index in [0.29, 0.717) is 6.42 Å². The predicted molar refractivity (Wildman–Crippen MR) is 84.6 cm³/mol. The molecule has 0 saturated carbocycles. The van der Waals surface area contributed by atoms with Gasteiger partial charge in [0.15, 0.2) is 0 Å². The summed E-state index contributed by atoms with van der Waals surface area (Å²) < 4.78 is 5.36. The molecule has 0 aliphatic rings. The summed E-state index contributed by atoms with van der Waals surface area (Å²) in [6, 6.07) is 14.1. The maximum Gasteiger partial charge on any atom is 0.122 e. The molecule has 2 nitrogen and oxygen atoms in total. The average molecular weight is 288 g/mol. The van der Waals surface area contributed by atoms with E-state index in [2.05, 4.69) is 6.07 Å². The van der Waals surface area contributed by atoms with E-state index >= 15 is 0 Å². The highest BCUT2D eigenvalue weighted by molar-refractivity contribution is 7.98. The van der Waals surface area contributed by atoms with E-state index in [1.807, 2.05) is 49.6 Å². The van der Waals surface area contributed by atoms with E-state index in [9.17, 15) is 5.11 Å². The molecule has 20 heavy (non-hydrogen) atoms. The highest BCUT2D eigenvalue weighted by Gasteiger charge is 2.12. The summed E-state index contributed by atoms with van der Waals surface area (Å²) >= 11 is 1.70. The third-order valence-corrected chi connectivity index (χ3v) is 4.09. The molecule has 0 aromatic heterocycles. The largest absolute Gasteiger partial charge is 0.496 e. The van der Waals surface area contributed by atoms with E-state index in [1.54, 1.807) is 18.9 Å². The molecule has 2 aromatic rings. The Hall–Kier alpha value is -1.45. The standard InChI is InChI=1S/C17H20O2S/c1-12-4-9-17(19-2)14(10-12)11-16(18)13-5-7-15(20-3)8-6-13/h4-10,16,18H,11H2,1-3H3.